The van der Waals surface area contributed by atoms with Crippen molar-refractivity contribution in [3.63, 3.8) is 0 Å². The Bertz CT molecular complexity index is 805. The number of benzene rings is 1. The molecule has 2 amide bonds. The third-order valence-corrected chi connectivity index (χ3v) is 4.86. The normalized spacial score (nSPS) is 13.1. The number of thiazole rings is 1. The molecule has 0 bridgehead atoms. The molecular formula is C18H21N3O4S. The fourth-order valence-electron chi connectivity index (χ4n) is 2.63. The van der Waals surface area contributed by atoms with Gasteiger partial charge >= 0.3 is 6.09 Å². The van der Waals surface area contributed by atoms with Crippen LogP contribution in [0, 0.1) is 6.92 Å². The minimum Gasteiger partial charge on any atom is -0.484 e. The molecule has 0 spiro atoms. The second-order valence-electron chi connectivity index (χ2n) is 5.91. The highest BCUT2D eigenvalue weighted by Gasteiger charge is 2.25. The molecule has 26 heavy (non-hydrogen) atoms. The van der Waals surface area contributed by atoms with Gasteiger partial charge in [0.05, 0.1) is 18.8 Å². The number of hydrogen-bond acceptors (Lipinski definition) is 6. The molecule has 0 fully saturated rings. The van der Waals surface area contributed by atoms with Crippen molar-refractivity contribution in [3.05, 3.63) is 40.4 Å². The average molecular weight is 375 g/mol. The van der Waals surface area contributed by atoms with E-state index in [-0.39, 0.29) is 18.6 Å². The number of hydrogen-bond donors (Lipinski definition) is 1. The molecule has 0 radical (unpaired) electrons. The number of anilines is 1. The zero-order valence-corrected chi connectivity index (χ0v) is 15.6. The summed E-state index contributed by atoms with van der Waals surface area (Å²) in [5.41, 5.74) is 1.99. The molecule has 1 aromatic carbocycles. The summed E-state index contributed by atoms with van der Waals surface area (Å²) in [5.74, 6) is 0.392. The number of aromatic nitrogens is 1. The van der Waals surface area contributed by atoms with E-state index in [4.69, 9.17) is 9.47 Å². The molecule has 1 N–H and O–H groups in total. The van der Waals surface area contributed by atoms with E-state index < -0.39 is 0 Å². The van der Waals surface area contributed by atoms with E-state index in [1.807, 2.05) is 31.2 Å². The molecule has 0 aliphatic carbocycles. The van der Waals surface area contributed by atoms with Crippen molar-refractivity contribution >= 4 is 28.5 Å². The zero-order valence-electron chi connectivity index (χ0n) is 14.8. The first-order chi connectivity index (χ1) is 12.5. The standard InChI is InChI=1S/C18H21N3O4S/c1-3-24-18(23)21-8-7-14-15(10-21)26-17(19-14)20-16(22)11-25-13-6-4-5-12(2)9-13/h4-6,9H,3,7-8,10-11H2,1-2H3,(H,19,20,22). The molecule has 2 heterocycles. The van der Waals surface area contributed by atoms with Gasteiger partial charge in [-0.15, -0.1) is 0 Å². The molecule has 7 nitrogen and oxygen atoms in total. The smallest absolute Gasteiger partial charge is 0.410 e. The van der Waals surface area contributed by atoms with Crippen molar-refractivity contribution in [2.24, 2.45) is 0 Å². The van der Waals surface area contributed by atoms with Crippen molar-refractivity contribution in [1.82, 2.24) is 9.88 Å². The summed E-state index contributed by atoms with van der Waals surface area (Å²) in [6.45, 7) is 5.05. The third-order valence-electron chi connectivity index (χ3n) is 3.86. The van der Waals surface area contributed by atoms with Gasteiger partial charge in [-0.3, -0.25) is 10.1 Å². The number of carbonyl (C=O) groups is 2. The first kappa shape index (κ1) is 18.2. The van der Waals surface area contributed by atoms with E-state index in [9.17, 15) is 9.59 Å². The lowest BCUT2D eigenvalue weighted by atomic mass is 10.2. The maximum Gasteiger partial charge on any atom is 0.410 e. The predicted octanol–water partition coefficient (Wildman–Crippen LogP) is 2.98. The van der Waals surface area contributed by atoms with E-state index in [1.165, 1.54) is 11.3 Å². The predicted molar refractivity (Wildman–Crippen MR) is 98.6 cm³/mol. The molecule has 0 saturated heterocycles. The van der Waals surface area contributed by atoms with Crippen LogP contribution in [-0.2, 0) is 22.5 Å². The number of aryl methyl sites for hydroxylation is 1. The third kappa shape index (κ3) is 4.51. The number of ether oxygens (including phenoxy) is 2. The number of amides is 2. The van der Waals surface area contributed by atoms with Crippen LogP contribution in [0.4, 0.5) is 9.93 Å². The van der Waals surface area contributed by atoms with Gasteiger partial charge in [-0.25, -0.2) is 9.78 Å². The van der Waals surface area contributed by atoms with Gasteiger partial charge in [0, 0.05) is 17.8 Å². The summed E-state index contributed by atoms with van der Waals surface area (Å²) in [7, 11) is 0. The van der Waals surface area contributed by atoms with Crippen LogP contribution >= 0.6 is 11.3 Å². The fourth-order valence-corrected chi connectivity index (χ4v) is 3.67. The van der Waals surface area contributed by atoms with Gasteiger partial charge in [0.15, 0.2) is 11.7 Å². The van der Waals surface area contributed by atoms with E-state index in [0.29, 0.717) is 37.0 Å². The van der Waals surface area contributed by atoms with E-state index in [2.05, 4.69) is 10.3 Å². The largest absolute Gasteiger partial charge is 0.484 e. The van der Waals surface area contributed by atoms with E-state index in [0.717, 1.165) is 16.1 Å². The Hall–Kier alpha value is -2.61. The van der Waals surface area contributed by atoms with Crippen molar-refractivity contribution in [3.8, 4) is 5.75 Å². The Morgan fingerprint density at radius 3 is 3.00 bits per heavy atom. The number of rotatable bonds is 5. The second-order valence-corrected chi connectivity index (χ2v) is 7.00. The fraction of sp³-hybridized carbons (Fsp3) is 0.389. The molecule has 0 atom stereocenters. The monoisotopic (exact) mass is 375 g/mol. The van der Waals surface area contributed by atoms with Crippen molar-refractivity contribution < 1.29 is 19.1 Å². The zero-order chi connectivity index (χ0) is 18.5. The minimum absolute atomic E-state index is 0.0807. The Balaban J connectivity index is 1.55. The molecule has 1 aromatic heterocycles. The number of fused-ring (bicyclic) bond motifs is 1. The molecule has 1 aliphatic heterocycles. The highest BCUT2D eigenvalue weighted by molar-refractivity contribution is 7.15. The Kier molecular flexibility index (Phi) is 5.72. The number of carbonyl (C=O) groups excluding carboxylic acids is 2. The van der Waals surface area contributed by atoms with Crippen LogP contribution in [0.25, 0.3) is 0 Å². The second kappa shape index (κ2) is 8.18. The first-order valence-corrected chi connectivity index (χ1v) is 9.26. The Morgan fingerprint density at radius 2 is 2.23 bits per heavy atom. The topological polar surface area (TPSA) is 80.8 Å². The minimum atomic E-state index is -0.316. The summed E-state index contributed by atoms with van der Waals surface area (Å²) in [6, 6.07) is 7.53. The average Bonchev–Trinajstić information content (AvgIpc) is 3.01. The van der Waals surface area contributed by atoms with Crippen molar-refractivity contribution in [2.75, 3.05) is 25.1 Å². The number of nitrogens with zero attached hydrogens (tertiary/aromatic N) is 2. The highest BCUT2D eigenvalue weighted by atomic mass is 32.1. The molecule has 3 rings (SSSR count). The summed E-state index contributed by atoms with van der Waals surface area (Å²) < 4.78 is 10.5. The summed E-state index contributed by atoms with van der Waals surface area (Å²) >= 11 is 1.38. The van der Waals surface area contributed by atoms with Crippen LogP contribution in [0.3, 0.4) is 0 Å². The molecule has 0 saturated carbocycles. The molecule has 2 aromatic rings. The van der Waals surface area contributed by atoms with Crippen LogP contribution in [-0.4, -0.2) is 41.6 Å². The van der Waals surface area contributed by atoms with Crippen molar-refractivity contribution in [2.45, 2.75) is 26.8 Å². The molecule has 0 unspecified atom stereocenters. The maximum absolute atomic E-state index is 12.1. The van der Waals surface area contributed by atoms with Gasteiger partial charge < -0.3 is 14.4 Å². The summed E-state index contributed by atoms with van der Waals surface area (Å²) in [4.78, 5) is 31.0. The number of nitrogens with one attached hydrogen (secondary N) is 1. The molecular weight excluding hydrogens is 354 g/mol. The lowest BCUT2D eigenvalue weighted by Crippen LogP contribution is -2.35. The van der Waals surface area contributed by atoms with Gasteiger partial charge in [-0.1, -0.05) is 23.5 Å². The van der Waals surface area contributed by atoms with Gasteiger partial charge in [-0.2, -0.15) is 0 Å². The van der Waals surface area contributed by atoms with Crippen LogP contribution < -0.4 is 10.1 Å². The van der Waals surface area contributed by atoms with Gasteiger partial charge in [0.2, 0.25) is 0 Å². The van der Waals surface area contributed by atoms with Gasteiger partial charge in [-0.05, 0) is 31.5 Å². The Morgan fingerprint density at radius 1 is 1.38 bits per heavy atom. The quantitative estimate of drug-likeness (QED) is 0.869. The molecule has 1 aliphatic rings. The molecule has 8 heteroatoms. The Labute approximate surface area is 155 Å². The summed E-state index contributed by atoms with van der Waals surface area (Å²) in [5, 5.41) is 3.29. The lowest BCUT2D eigenvalue weighted by molar-refractivity contribution is -0.118. The lowest BCUT2D eigenvalue weighted by Gasteiger charge is -2.24. The van der Waals surface area contributed by atoms with Crippen LogP contribution in [0.15, 0.2) is 24.3 Å². The van der Waals surface area contributed by atoms with Crippen LogP contribution in [0.5, 0.6) is 5.75 Å². The first-order valence-electron chi connectivity index (χ1n) is 8.44. The van der Waals surface area contributed by atoms with Gasteiger partial charge in [0.25, 0.3) is 5.91 Å². The van der Waals surface area contributed by atoms with Crippen LogP contribution in [0.2, 0.25) is 0 Å². The van der Waals surface area contributed by atoms with Crippen molar-refractivity contribution in [1.29, 1.82) is 0 Å². The van der Waals surface area contributed by atoms with E-state index in [1.54, 1.807) is 11.8 Å². The SMILES string of the molecule is CCOC(=O)N1CCc2nc(NC(=O)COc3cccc(C)c3)sc2C1. The summed E-state index contributed by atoms with van der Waals surface area (Å²) in [6.07, 6.45) is 0.337. The van der Waals surface area contributed by atoms with E-state index >= 15 is 0 Å². The maximum atomic E-state index is 12.1. The molecule has 138 valence electrons. The highest BCUT2D eigenvalue weighted by Crippen LogP contribution is 2.28. The van der Waals surface area contributed by atoms with Crippen LogP contribution in [0.1, 0.15) is 23.1 Å². The van der Waals surface area contributed by atoms with Gasteiger partial charge in [0.1, 0.15) is 5.75 Å².